The topological polar surface area (TPSA) is 43.4 Å². The Morgan fingerprint density at radius 2 is 1.65 bits per heavy atom. The fourth-order valence-corrected chi connectivity index (χ4v) is 2.46. The molecule has 3 nitrogen and oxygen atoms in total. The van der Waals surface area contributed by atoms with Crippen LogP contribution >= 0.6 is 0 Å². The molecule has 0 heterocycles. The molecule has 110 valence electrons. The lowest BCUT2D eigenvalue weighted by atomic mass is 9.71. The first kappa shape index (κ1) is 16.4. The zero-order valence-electron chi connectivity index (χ0n) is 13.0. The molecule has 0 saturated heterocycles. The molecule has 0 unspecified atom stereocenters. The Hall–Kier alpha value is -1.64. The monoisotopic (exact) mass is 276 g/mol. The van der Waals surface area contributed by atoms with Crippen LogP contribution in [0.25, 0.3) is 0 Å². The highest BCUT2D eigenvalue weighted by Gasteiger charge is 2.47. The first-order valence-electron chi connectivity index (χ1n) is 7.08. The van der Waals surface area contributed by atoms with E-state index >= 15 is 0 Å². The molecule has 0 saturated carbocycles. The zero-order valence-corrected chi connectivity index (χ0v) is 13.0. The van der Waals surface area contributed by atoms with Crippen molar-refractivity contribution in [2.45, 2.75) is 52.6 Å². The van der Waals surface area contributed by atoms with Crippen LogP contribution in [-0.4, -0.2) is 17.9 Å². The van der Waals surface area contributed by atoms with Gasteiger partial charge in [-0.25, -0.2) is 0 Å². The van der Waals surface area contributed by atoms with Crippen LogP contribution in [-0.2, 0) is 19.7 Å². The predicted octanol–water partition coefficient (Wildman–Crippen LogP) is 3.51. The molecule has 0 spiro atoms. The molecule has 20 heavy (non-hydrogen) atoms. The fraction of sp³-hybridized carbons (Fsp3) is 0.529. The molecule has 0 N–H and O–H groups in total. The van der Waals surface area contributed by atoms with E-state index < -0.39 is 11.4 Å². The van der Waals surface area contributed by atoms with Crippen LogP contribution in [0.1, 0.15) is 46.6 Å². The third-order valence-electron chi connectivity index (χ3n) is 3.27. The Bertz CT molecular complexity index is 462. The molecule has 0 aliphatic rings. The van der Waals surface area contributed by atoms with Crippen LogP contribution < -0.4 is 0 Å². The first-order chi connectivity index (χ1) is 9.30. The number of rotatable bonds is 6. The normalized spacial score (nSPS) is 14.2. The van der Waals surface area contributed by atoms with Gasteiger partial charge in [0.15, 0.2) is 11.2 Å². The van der Waals surface area contributed by atoms with E-state index in [2.05, 4.69) is 0 Å². The van der Waals surface area contributed by atoms with Crippen molar-refractivity contribution in [1.82, 2.24) is 0 Å². The second kappa shape index (κ2) is 6.69. The highest BCUT2D eigenvalue weighted by Crippen LogP contribution is 2.34. The number of benzene rings is 1. The number of ketones is 1. The molecule has 1 atom stereocenters. The van der Waals surface area contributed by atoms with Crippen LogP contribution in [0.3, 0.4) is 0 Å². The third kappa shape index (κ3) is 3.47. The number of carbonyl (C=O) groups is 2. The molecular formula is C17H24O3. The Morgan fingerprint density at radius 1 is 1.10 bits per heavy atom. The van der Waals surface area contributed by atoms with Crippen LogP contribution in [0.5, 0.6) is 0 Å². The van der Waals surface area contributed by atoms with Crippen LogP contribution in [0.2, 0.25) is 0 Å². The van der Waals surface area contributed by atoms with E-state index in [0.717, 1.165) is 0 Å². The summed E-state index contributed by atoms with van der Waals surface area (Å²) < 4.78 is 5.37. The lowest BCUT2D eigenvalue weighted by molar-refractivity contribution is -0.158. The highest BCUT2D eigenvalue weighted by atomic mass is 16.5. The van der Waals surface area contributed by atoms with E-state index in [-0.39, 0.29) is 17.8 Å². The lowest BCUT2D eigenvalue weighted by Gasteiger charge is -2.32. The van der Waals surface area contributed by atoms with E-state index in [9.17, 15) is 9.59 Å². The van der Waals surface area contributed by atoms with Crippen molar-refractivity contribution in [2.75, 3.05) is 0 Å². The Morgan fingerprint density at radius 3 is 2.05 bits per heavy atom. The van der Waals surface area contributed by atoms with Gasteiger partial charge in [0.25, 0.3) is 0 Å². The number of ether oxygens (including phenoxy) is 1. The second-order valence-corrected chi connectivity index (χ2v) is 5.88. The summed E-state index contributed by atoms with van der Waals surface area (Å²) in [4.78, 5) is 24.9. The minimum Gasteiger partial charge on any atom is -0.462 e. The third-order valence-corrected chi connectivity index (χ3v) is 3.27. The second-order valence-electron chi connectivity index (χ2n) is 5.88. The Labute approximate surface area is 121 Å². The largest absolute Gasteiger partial charge is 0.462 e. The van der Waals surface area contributed by atoms with Gasteiger partial charge in [0.1, 0.15) is 0 Å². The van der Waals surface area contributed by atoms with Gasteiger partial charge < -0.3 is 4.74 Å². The molecule has 1 aromatic carbocycles. The molecule has 3 heteroatoms. The van der Waals surface area contributed by atoms with Gasteiger partial charge in [-0.3, -0.25) is 9.59 Å². The summed E-state index contributed by atoms with van der Waals surface area (Å²) in [5, 5.41) is 0. The number of hydrogen-bond acceptors (Lipinski definition) is 3. The van der Waals surface area contributed by atoms with Crippen molar-refractivity contribution in [3.8, 4) is 0 Å². The average molecular weight is 276 g/mol. The smallest absolute Gasteiger partial charge is 0.324 e. The first-order valence-corrected chi connectivity index (χ1v) is 7.08. The van der Waals surface area contributed by atoms with Crippen LogP contribution in [0.4, 0.5) is 0 Å². The Kier molecular flexibility index (Phi) is 5.49. The summed E-state index contributed by atoms with van der Waals surface area (Å²) in [7, 11) is 0. The van der Waals surface area contributed by atoms with E-state index in [1.165, 1.54) is 6.92 Å². The Balaban J connectivity index is 3.36. The molecule has 0 aliphatic carbocycles. The van der Waals surface area contributed by atoms with E-state index in [1.54, 1.807) is 13.8 Å². The van der Waals surface area contributed by atoms with Gasteiger partial charge in [0.05, 0.1) is 6.10 Å². The minimum atomic E-state index is -1.19. The molecule has 1 aromatic rings. The van der Waals surface area contributed by atoms with Gasteiger partial charge in [0, 0.05) is 0 Å². The van der Waals surface area contributed by atoms with Gasteiger partial charge in [-0.2, -0.15) is 0 Å². The maximum absolute atomic E-state index is 12.6. The van der Waals surface area contributed by atoms with Crippen molar-refractivity contribution < 1.29 is 14.3 Å². The maximum atomic E-state index is 12.6. The summed E-state index contributed by atoms with van der Waals surface area (Å²) in [5.41, 5.74) is -0.480. The van der Waals surface area contributed by atoms with Crippen LogP contribution in [0, 0.1) is 5.92 Å². The summed E-state index contributed by atoms with van der Waals surface area (Å²) in [6.45, 7) is 9.07. The molecule has 0 bridgehead atoms. The number of hydrogen-bond donors (Lipinski definition) is 0. The van der Waals surface area contributed by atoms with Crippen LogP contribution in [0.15, 0.2) is 30.3 Å². The fourth-order valence-electron chi connectivity index (χ4n) is 2.46. The van der Waals surface area contributed by atoms with Crippen molar-refractivity contribution >= 4 is 11.8 Å². The quantitative estimate of drug-likeness (QED) is 0.590. The molecule has 0 radical (unpaired) electrons. The van der Waals surface area contributed by atoms with Gasteiger partial charge in [0.2, 0.25) is 0 Å². The average Bonchev–Trinajstić information content (AvgIpc) is 2.35. The summed E-state index contributed by atoms with van der Waals surface area (Å²) in [5.74, 6) is -0.401. The van der Waals surface area contributed by atoms with Crippen molar-refractivity contribution in [3.05, 3.63) is 35.9 Å². The molecule has 0 amide bonds. The number of carbonyl (C=O) groups excluding carboxylic acids is 2. The van der Waals surface area contributed by atoms with Crippen molar-refractivity contribution in [2.24, 2.45) is 5.92 Å². The summed E-state index contributed by atoms with van der Waals surface area (Å²) in [6, 6.07) is 9.21. The van der Waals surface area contributed by atoms with Crippen molar-refractivity contribution in [3.63, 3.8) is 0 Å². The summed E-state index contributed by atoms with van der Waals surface area (Å²) in [6.07, 6.45) is 0.217. The molecule has 1 rings (SSSR count). The number of esters is 1. The van der Waals surface area contributed by atoms with Gasteiger partial charge in [-0.1, -0.05) is 44.2 Å². The maximum Gasteiger partial charge on any atom is 0.324 e. The zero-order chi connectivity index (χ0) is 15.3. The summed E-state index contributed by atoms with van der Waals surface area (Å²) >= 11 is 0. The number of Topliss-reactive ketones (excluding diaryl/α,β-unsaturated/α-hetero) is 1. The molecule has 0 fully saturated rings. The van der Waals surface area contributed by atoms with Crippen molar-refractivity contribution in [1.29, 1.82) is 0 Å². The van der Waals surface area contributed by atoms with E-state index in [0.29, 0.717) is 12.0 Å². The minimum absolute atomic E-state index is 0.164. The van der Waals surface area contributed by atoms with Gasteiger partial charge in [-0.15, -0.1) is 0 Å². The molecule has 0 aliphatic heterocycles. The lowest BCUT2D eigenvalue weighted by Crippen LogP contribution is -2.45. The SMILES string of the molecule is CC(=O)[C@](CC(C)C)(C(=O)OC(C)C)c1ccccc1. The van der Waals surface area contributed by atoms with Gasteiger partial charge in [-0.05, 0) is 38.7 Å². The standard InChI is InChI=1S/C17H24O3/c1-12(2)11-17(14(5)18,16(19)20-13(3)4)15-9-7-6-8-10-15/h6-10,12-13H,11H2,1-5H3/t17-/m0/s1. The molecule has 0 aromatic heterocycles. The van der Waals surface area contributed by atoms with E-state index in [4.69, 9.17) is 4.74 Å². The molecular weight excluding hydrogens is 252 g/mol. The predicted molar refractivity (Wildman–Crippen MR) is 79.5 cm³/mol. The van der Waals surface area contributed by atoms with E-state index in [1.807, 2.05) is 44.2 Å². The van der Waals surface area contributed by atoms with Gasteiger partial charge >= 0.3 is 5.97 Å². The highest BCUT2D eigenvalue weighted by molar-refractivity contribution is 6.08.